The molecule has 2 N–H and O–H groups in total. The molecule has 1 rings (SSSR count). The first-order valence-electron chi connectivity index (χ1n) is 5.26. The molecule has 0 radical (unpaired) electrons. The summed E-state index contributed by atoms with van der Waals surface area (Å²) in [4.78, 5) is 11.3. The second-order valence-corrected chi connectivity index (χ2v) is 3.47. The molecule has 0 spiro atoms. The van der Waals surface area contributed by atoms with E-state index in [1.807, 2.05) is 31.2 Å². The van der Waals surface area contributed by atoms with Crippen LogP contribution in [0.4, 0.5) is 5.69 Å². The number of nitrogens with one attached hydrogen (secondary N) is 1. The molecule has 0 saturated carbocycles. The maximum atomic E-state index is 11.3. The van der Waals surface area contributed by atoms with E-state index in [9.17, 15) is 4.79 Å². The summed E-state index contributed by atoms with van der Waals surface area (Å²) in [6.45, 7) is 2.11. The highest BCUT2D eigenvalue weighted by molar-refractivity contribution is 5.90. The van der Waals surface area contributed by atoms with Gasteiger partial charge in [0, 0.05) is 18.7 Å². The lowest BCUT2D eigenvalue weighted by molar-refractivity contribution is -0.116. The zero-order chi connectivity index (χ0) is 11.1. The molecule has 0 aliphatic carbocycles. The molecule has 0 heterocycles. The van der Waals surface area contributed by atoms with Crippen LogP contribution in [-0.2, 0) is 11.2 Å². The van der Waals surface area contributed by atoms with Crippen LogP contribution in [0.1, 0.15) is 25.3 Å². The fourth-order valence-electron chi connectivity index (χ4n) is 1.38. The number of amides is 1. The van der Waals surface area contributed by atoms with E-state index in [-0.39, 0.29) is 12.5 Å². The van der Waals surface area contributed by atoms with Crippen LogP contribution >= 0.6 is 0 Å². The highest BCUT2D eigenvalue weighted by Gasteiger charge is 2.00. The van der Waals surface area contributed by atoms with E-state index < -0.39 is 0 Å². The Labute approximate surface area is 90.1 Å². The molecule has 0 saturated heterocycles. The Morgan fingerprint density at radius 1 is 1.47 bits per heavy atom. The van der Waals surface area contributed by atoms with Crippen molar-refractivity contribution in [2.75, 3.05) is 11.9 Å². The van der Waals surface area contributed by atoms with Crippen LogP contribution in [0.25, 0.3) is 0 Å². The number of aliphatic hydroxyl groups excluding tert-OH is 1. The smallest absolute Gasteiger partial charge is 0.224 e. The van der Waals surface area contributed by atoms with Gasteiger partial charge in [-0.2, -0.15) is 0 Å². The minimum Gasteiger partial charge on any atom is -0.396 e. The van der Waals surface area contributed by atoms with E-state index in [0.29, 0.717) is 12.8 Å². The van der Waals surface area contributed by atoms with Crippen LogP contribution in [0.2, 0.25) is 0 Å². The maximum Gasteiger partial charge on any atom is 0.224 e. The standard InChI is InChI=1S/C12H17NO2/c1-2-4-12(15)13-11-6-3-5-10(9-11)7-8-14/h3,5-6,9,14H,2,4,7-8H2,1H3,(H,13,15). The number of aliphatic hydroxyl groups is 1. The van der Waals surface area contributed by atoms with Crippen molar-refractivity contribution in [3.05, 3.63) is 29.8 Å². The summed E-state index contributed by atoms with van der Waals surface area (Å²) in [5.74, 6) is 0.0404. The molecule has 1 aromatic rings. The van der Waals surface area contributed by atoms with Crippen LogP contribution in [-0.4, -0.2) is 17.6 Å². The van der Waals surface area contributed by atoms with Crippen molar-refractivity contribution in [3.8, 4) is 0 Å². The third-order valence-electron chi connectivity index (χ3n) is 2.09. The molecular formula is C12H17NO2. The van der Waals surface area contributed by atoms with E-state index >= 15 is 0 Å². The lowest BCUT2D eigenvalue weighted by Crippen LogP contribution is -2.10. The molecular weight excluding hydrogens is 190 g/mol. The Morgan fingerprint density at radius 3 is 2.93 bits per heavy atom. The van der Waals surface area contributed by atoms with Gasteiger partial charge in [0.05, 0.1) is 0 Å². The Morgan fingerprint density at radius 2 is 2.27 bits per heavy atom. The average molecular weight is 207 g/mol. The first kappa shape index (κ1) is 11.7. The molecule has 0 aromatic heterocycles. The SMILES string of the molecule is CCCC(=O)Nc1cccc(CCO)c1. The molecule has 0 fully saturated rings. The largest absolute Gasteiger partial charge is 0.396 e. The molecule has 15 heavy (non-hydrogen) atoms. The zero-order valence-electron chi connectivity index (χ0n) is 8.99. The van der Waals surface area contributed by atoms with Gasteiger partial charge < -0.3 is 10.4 Å². The third kappa shape index (κ3) is 4.13. The highest BCUT2D eigenvalue weighted by atomic mass is 16.2. The van der Waals surface area contributed by atoms with Gasteiger partial charge in [-0.25, -0.2) is 0 Å². The van der Waals surface area contributed by atoms with E-state index in [1.165, 1.54) is 0 Å². The van der Waals surface area contributed by atoms with E-state index in [2.05, 4.69) is 5.32 Å². The predicted octanol–water partition coefficient (Wildman–Crippen LogP) is 1.96. The van der Waals surface area contributed by atoms with E-state index in [1.54, 1.807) is 0 Å². The molecule has 1 aromatic carbocycles. The summed E-state index contributed by atoms with van der Waals surface area (Å²) in [5, 5.41) is 11.6. The van der Waals surface area contributed by atoms with E-state index in [0.717, 1.165) is 17.7 Å². The van der Waals surface area contributed by atoms with Gasteiger partial charge in [0.2, 0.25) is 5.91 Å². The fraction of sp³-hybridized carbons (Fsp3) is 0.417. The number of anilines is 1. The van der Waals surface area contributed by atoms with Crippen LogP contribution < -0.4 is 5.32 Å². The van der Waals surface area contributed by atoms with Crippen LogP contribution in [0, 0.1) is 0 Å². The monoisotopic (exact) mass is 207 g/mol. The number of hydrogen-bond donors (Lipinski definition) is 2. The molecule has 0 aliphatic rings. The predicted molar refractivity (Wildman–Crippen MR) is 60.8 cm³/mol. The number of benzene rings is 1. The van der Waals surface area contributed by atoms with Crippen molar-refractivity contribution in [1.29, 1.82) is 0 Å². The second kappa shape index (κ2) is 6.19. The van der Waals surface area contributed by atoms with Gasteiger partial charge in [0.15, 0.2) is 0 Å². The summed E-state index contributed by atoms with van der Waals surface area (Å²) >= 11 is 0. The highest BCUT2D eigenvalue weighted by Crippen LogP contribution is 2.11. The van der Waals surface area contributed by atoms with Crippen LogP contribution in [0.15, 0.2) is 24.3 Å². The van der Waals surface area contributed by atoms with Crippen molar-refractivity contribution in [2.24, 2.45) is 0 Å². The summed E-state index contributed by atoms with van der Waals surface area (Å²) in [6, 6.07) is 7.57. The second-order valence-electron chi connectivity index (χ2n) is 3.47. The molecule has 0 bridgehead atoms. The van der Waals surface area contributed by atoms with Gasteiger partial charge in [-0.05, 0) is 30.5 Å². The van der Waals surface area contributed by atoms with Gasteiger partial charge in [0.1, 0.15) is 0 Å². The Hall–Kier alpha value is -1.35. The van der Waals surface area contributed by atoms with Crippen LogP contribution in [0.5, 0.6) is 0 Å². The van der Waals surface area contributed by atoms with Gasteiger partial charge >= 0.3 is 0 Å². The summed E-state index contributed by atoms with van der Waals surface area (Å²) in [7, 11) is 0. The molecule has 82 valence electrons. The molecule has 3 heteroatoms. The molecule has 0 aliphatic heterocycles. The Balaban J connectivity index is 2.60. The average Bonchev–Trinajstić information content (AvgIpc) is 2.19. The molecule has 1 amide bonds. The van der Waals surface area contributed by atoms with Crippen molar-refractivity contribution >= 4 is 11.6 Å². The fourth-order valence-corrected chi connectivity index (χ4v) is 1.38. The minimum atomic E-state index is 0.0404. The van der Waals surface area contributed by atoms with Crippen molar-refractivity contribution in [2.45, 2.75) is 26.2 Å². The van der Waals surface area contributed by atoms with E-state index in [4.69, 9.17) is 5.11 Å². The summed E-state index contributed by atoms with van der Waals surface area (Å²) in [5.41, 5.74) is 1.84. The Bertz CT molecular complexity index is 323. The number of carbonyl (C=O) groups excluding carboxylic acids is 1. The lowest BCUT2D eigenvalue weighted by Gasteiger charge is -2.06. The lowest BCUT2D eigenvalue weighted by atomic mass is 10.1. The van der Waals surface area contributed by atoms with Crippen LogP contribution in [0.3, 0.4) is 0 Å². The van der Waals surface area contributed by atoms with Crippen molar-refractivity contribution < 1.29 is 9.90 Å². The number of carbonyl (C=O) groups is 1. The summed E-state index contributed by atoms with van der Waals surface area (Å²) < 4.78 is 0. The zero-order valence-corrected chi connectivity index (χ0v) is 8.99. The topological polar surface area (TPSA) is 49.3 Å². The van der Waals surface area contributed by atoms with Crippen molar-refractivity contribution in [3.63, 3.8) is 0 Å². The molecule has 3 nitrogen and oxygen atoms in total. The van der Waals surface area contributed by atoms with Gasteiger partial charge in [0.25, 0.3) is 0 Å². The normalized spacial score (nSPS) is 10.0. The van der Waals surface area contributed by atoms with Gasteiger partial charge in [-0.3, -0.25) is 4.79 Å². The molecule has 0 atom stereocenters. The minimum absolute atomic E-state index is 0.0404. The summed E-state index contributed by atoms with van der Waals surface area (Å²) in [6.07, 6.45) is 2.02. The number of hydrogen-bond acceptors (Lipinski definition) is 2. The van der Waals surface area contributed by atoms with Gasteiger partial charge in [-0.1, -0.05) is 19.1 Å². The quantitative estimate of drug-likeness (QED) is 0.775. The number of rotatable bonds is 5. The first-order valence-corrected chi connectivity index (χ1v) is 5.26. The maximum absolute atomic E-state index is 11.3. The van der Waals surface area contributed by atoms with Gasteiger partial charge in [-0.15, -0.1) is 0 Å². The first-order chi connectivity index (χ1) is 7.26. The van der Waals surface area contributed by atoms with Crippen molar-refractivity contribution in [1.82, 2.24) is 0 Å². The third-order valence-corrected chi connectivity index (χ3v) is 2.09. The molecule has 0 unspecified atom stereocenters. The Kier molecular flexibility index (Phi) is 4.84.